The molecule has 5 rings (SSSR count). The lowest BCUT2D eigenvalue weighted by atomic mass is 9.97. The number of aromatic amines is 1. The number of hydrogen-bond acceptors (Lipinski definition) is 4. The molecule has 0 radical (unpaired) electrons. The van der Waals surface area contributed by atoms with E-state index in [9.17, 15) is 14.3 Å². The number of aliphatic carboxylic acids is 1. The third-order valence-electron chi connectivity index (χ3n) is 6.34. The molecule has 0 unspecified atom stereocenters. The van der Waals surface area contributed by atoms with Crippen molar-refractivity contribution in [3.8, 4) is 5.88 Å². The summed E-state index contributed by atoms with van der Waals surface area (Å²) >= 11 is 0. The van der Waals surface area contributed by atoms with E-state index in [1.165, 1.54) is 24.1 Å². The molecule has 1 saturated heterocycles. The molecule has 7 heteroatoms. The van der Waals surface area contributed by atoms with E-state index in [0.29, 0.717) is 28.6 Å². The topological polar surface area (TPSA) is 88.9 Å². The SMILES string of the molecule is O=C(O)CCc1cccc(C(=Nc2ccc(CN3CCC3)cc2)c2c(O)[nH]c3cc(F)ccc23)c1. The van der Waals surface area contributed by atoms with Gasteiger partial charge in [0.2, 0.25) is 0 Å². The minimum atomic E-state index is -0.862. The van der Waals surface area contributed by atoms with Crippen molar-refractivity contribution >= 4 is 28.3 Å². The van der Waals surface area contributed by atoms with Crippen LogP contribution in [0.1, 0.15) is 35.1 Å². The van der Waals surface area contributed by atoms with Crippen LogP contribution in [0.15, 0.2) is 71.7 Å². The van der Waals surface area contributed by atoms with Crippen LogP contribution in [0.5, 0.6) is 5.88 Å². The van der Waals surface area contributed by atoms with Gasteiger partial charge < -0.3 is 15.2 Å². The third-order valence-corrected chi connectivity index (χ3v) is 6.34. The van der Waals surface area contributed by atoms with Crippen molar-refractivity contribution in [2.45, 2.75) is 25.8 Å². The number of nitrogens with zero attached hydrogens (tertiary/aromatic N) is 2. The van der Waals surface area contributed by atoms with Crippen molar-refractivity contribution in [3.05, 3.63) is 94.8 Å². The number of nitrogens with one attached hydrogen (secondary N) is 1. The summed E-state index contributed by atoms with van der Waals surface area (Å²) in [6, 6.07) is 19.8. The van der Waals surface area contributed by atoms with E-state index in [2.05, 4.69) is 22.0 Å². The van der Waals surface area contributed by atoms with Crippen molar-refractivity contribution in [1.29, 1.82) is 0 Å². The predicted molar refractivity (Wildman–Crippen MR) is 134 cm³/mol. The van der Waals surface area contributed by atoms with Crippen LogP contribution in [-0.2, 0) is 17.8 Å². The first-order valence-electron chi connectivity index (χ1n) is 11.7. The number of rotatable bonds is 8. The fourth-order valence-corrected chi connectivity index (χ4v) is 4.39. The maximum Gasteiger partial charge on any atom is 0.303 e. The Morgan fingerprint density at radius 3 is 2.54 bits per heavy atom. The summed E-state index contributed by atoms with van der Waals surface area (Å²) in [6.07, 6.45) is 1.65. The number of fused-ring (bicyclic) bond motifs is 1. The average Bonchev–Trinajstić information content (AvgIpc) is 3.14. The number of carbonyl (C=O) groups is 1. The molecule has 1 aliphatic rings. The van der Waals surface area contributed by atoms with Gasteiger partial charge in [0.25, 0.3) is 0 Å². The first-order chi connectivity index (χ1) is 17.0. The van der Waals surface area contributed by atoms with E-state index in [-0.39, 0.29) is 12.3 Å². The minimum Gasteiger partial charge on any atom is -0.494 e. The number of aromatic nitrogens is 1. The van der Waals surface area contributed by atoms with Crippen LogP contribution in [0.25, 0.3) is 10.9 Å². The lowest BCUT2D eigenvalue weighted by molar-refractivity contribution is -0.136. The van der Waals surface area contributed by atoms with Crippen LogP contribution in [0.2, 0.25) is 0 Å². The van der Waals surface area contributed by atoms with Crippen molar-refractivity contribution in [1.82, 2.24) is 9.88 Å². The Bertz CT molecular complexity index is 1400. The first-order valence-corrected chi connectivity index (χ1v) is 11.7. The molecule has 0 spiro atoms. The molecule has 4 aromatic rings. The lowest BCUT2D eigenvalue weighted by Gasteiger charge is -2.30. The third kappa shape index (κ3) is 5.10. The summed E-state index contributed by atoms with van der Waals surface area (Å²) in [5.41, 5.74) is 4.99. The van der Waals surface area contributed by atoms with Gasteiger partial charge in [0, 0.05) is 23.9 Å². The second-order valence-electron chi connectivity index (χ2n) is 8.89. The van der Waals surface area contributed by atoms with Crippen LogP contribution >= 0.6 is 0 Å². The Balaban J connectivity index is 1.58. The summed E-state index contributed by atoms with van der Waals surface area (Å²) in [7, 11) is 0. The Labute approximate surface area is 202 Å². The molecule has 0 amide bonds. The van der Waals surface area contributed by atoms with E-state index < -0.39 is 11.8 Å². The highest BCUT2D eigenvalue weighted by Gasteiger charge is 2.20. The van der Waals surface area contributed by atoms with Gasteiger partial charge in [0.1, 0.15) is 5.82 Å². The van der Waals surface area contributed by atoms with Gasteiger partial charge in [-0.15, -0.1) is 0 Å². The highest BCUT2D eigenvalue weighted by atomic mass is 19.1. The van der Waals surface area contributed by atoms with Crippen LogP contribution in [0.3, 0.4) is 0 Å². The maximum absolute atomic E-state index is 13.8. The minimum absolute atomic E-state index is 0.0199. The van der Waals surface area contributed by atoms with Crippen LogP contribution < -0.4 is 0 Å². The predicted octanol–water partition coefficient (Wildman–Crippen LogP) is 5.40. The van der Waals surface area contributed by atoms with Crippen molar-refractivity contribution in [3.63, 3.8) is 0 Å². The number of benzene rings is 3. The summed E-state index contributed by atoms with van der Waals surface area (Å²) < 4.78 is 13.8. The Hall–Kier alpha value is -3.97. The van der Waals surface area contributed by atoms with Gasteiger partial charge >= 0.3 is 5.97 Å². The van der Waals surface area contributed by atoms with Crippen molar-refractivity contribution in [2.24, 2.45) is 4.99 Å². The summed E-state index contributed by atoms with van der Waals surface area (Å²) in [5.74, 6) is -1.37. The van der Waals surface area contributed by atoms with Gasteiger partial charge in [-0.2, -0.15) is 0 Å². The number of carboxylic acids is 1. The van der Waals surface area contributed by atoms with Crippen molar-refractivity contribution in [2.75, 3.05) is 13.1 Å². The van der Waals surface area contributed by atoms with Crippen LogP contribution in [0, 0.1) is 5.82 Å². The zero-order chi connectivity index (χ0) is 24.4. The van der Waals surface area contributed by atoms with Crippen LogP contribution in [0.4, 0.5) is 10.1 Å². The maximum atomic E-state index is 13.8. The number of aliphatic imine (C=N–C) groups is 1. The van der Waals surface area contributed by atoms with E-state index >= 15 is 0 Å². The summed E-state index contributed by atoms with van der Waals surface area (Å²) in [4.78, 5) is 21.2. The Morgan fingerprint density at radius 2 is 1.83 bits per heavy atom. The fraction of sp³-hybridized carbons (Fsp3) is 0.214. The van der Waals surface area contributed by atoms with Crippen LogP contribution in [-0.4, -0.2) is 44.9 Å². The molecule has 178 valence electrons. The van der Waals surface area contributed by atoms with Gasteiger partial charge in [-0.1, -0.05) is 30.3 Å². The van der Waals surface area contributed by atoms with Gasteiger partial charge in [-0.3, -0.25) is 9.69 Å². The molecular formula is C28H26FN3O3. The molecule has 0 atom stereocenters. The molecule has 0 bridgehead atoms. The number of aryl methyl sites for hydroxylation is 1. The summed E-state index contributed by atoms with van der Waals surface area (Å²) in [5, 5.41) is 20.5. The number of aromatic hydroxyl groups is 1. The van der Waals surface area contributed by atoms with Crippen molar-refractivity contribution < 1.29 is 19.4 Å². The first kappa shape index (κ1) is 22.8. The van der Waals surface area contributed by atoms with Gasteiger partial charge in [0.15, 0.2) is 5.88 Å². The molecule has 1 fully saturated rings. The Kier molecular flexibility index (Phi) is 6.33. The quantitative estimate of drug-likeness (QED) is 0.300. The molecular weight excluding hydrogens is 445 g/mol. The molecule has 0 aliphatic carbocycles. The monoisotopic (exact) mass is 471 g/mol. The van der Waals surface area contributed by atoms with E-state index in [4.69, 9.17) is 10.1 Å². The average molecular weight is 472 g/mol. The largest absolute Gasteiger partial charge is 0.494 e. The second kappa shape index (κ2) is 9.72. The molecule has 35 heavy (non-hydrogen) atoms. The number of hydrogen-bond donors (Lipinski definition) is 3. The number of likely N-dealkylation sites (tertiary alicyclic amines) is 1. The normalized spacial score (nSPS) is 14.3. The number of H-pyrrole nitrogens is 1. The molecule has 6 nitrogen and oxygen atoms in total. The number of halogens is 1. The smallest absolute Gasteiger partial charge is 0.303 e. The molecule has 1 aliphatic heterocycles. The van der Waals surface area contributed by atoms with Gasteiger partial charge in [0.05, 0.1) is 22.5 Å². The standard InChI is InChI=1S/C28H26FN3O3/c29-21-8-11-23-24(16-21)31-28(35)26(23)27(20-4-1-3-18(15-20)7-12-25(33)34)30-22-9-5-19(6-10-22)17-32-13-2-14-32/h1,3-6,8-11,15-16,31,35H,2,7,12-14,17H2,(H,33,34). The highest BCUT2D eigenvalue weighted by Crippen LogP contribution is 2.32. The van der Waals surface area contributed by atoms with Gasteiger partial charge in [-0.25, -0.2) is 9.38 Å². The second-order valence-corrected chi connectivity index (χ2v) is 8.89. The highest BCUT2D eigenvalue weighted by molar-refractivity contribution is 6.21. The Morgan fingerprint density at radius 1 is 1.03 bits per heavy atom. The summed E-state index contributed by atoms with van der Waals surface area (Å²) in [6.45, 7) is 3.17. The molecule has 2 heterocycles. The van der Waals surface area contributed by atoms with E-state index in [1.807, 2.05) is 36.4 Å². The van der Waals surface area contributed by atoms with Gasteiger partial charge in [-0.05, 0) is 73.5 Å². The van der Waals surface area contributed by atoms with E-state index in [1.54, 1.807) is 6.07 Å². The zero-order valence-corrected chi connectivity index (χ0v) is 19.2. The lowest BCUT2D eigenvalue weighted by Crippen LogP contribution is -2.36. The number of carboxylic acid groups (broad SMARTS) is 1. The van der Waals surface area contributed by atoms with E-state index in [0.717, 1.165) is 36.4 Å². The fourth-order valence-electron chi connectivity index (χ4n) is 4.39. The molecule has 0 saturated carbocycles. The zero-order valence-electron chi connectivity index (χ0n) is 19.2. The molecule has 3 N–H and O–H groups in total. The molecule has 3 aromatic carbocycles. The molecule has 1 aromatic heterocycles.